The molecule has 0 saturated carbocycles. The van der Waals surface area contributed by atoms with Gasteiger partial charge in [-0.2, -0.15) is 0 Å². The van der Waals surface area contributed by atoms with Gasteiger partial charge in [0.1, 0.15) is 18.1 Å². The van der Waals surface area contributed by atoms with Crippen molar-refractivity contribution in [3.63, 3.8) is 0 Å². The quantitative estimate of drug-likeness (QED) is 0.272. The van der Waals surface area contributed by atoms with Crippen LogP contribution in [0.5, 0.6) is 11.5 Å². The van der Waals surface area contributed by atoms with E-state index in [-0.39, 0.29) is 24.0 Å². The van der Waals surface area contributed by atoms with Crippen molar-refractivity contribution in [3.8, 4) is 11.5 Å². The molecule has 31 heavy (non-hydrogen) atoms. The Balaban J connectivity index is 1.81. The Morgan fingerprint density at radius 1 is 1.23 bits per heavy atom. The van der Waals surface area contributed by atoms with Crippen LogP contribution in [0.4, 0.5) is 5.69 Å². The fraction of sp³-hybridized carbons (Fsp3) is 0.273. The Bertz CT molecular complexity index is 1040. The van der Waals surface area contributed by atoms with E-state index in [0.717, 1.165) is 18.4 Å². The maximum absolute atomic E-state index is 12.6. The number of nitrogens with one attached hydrogen (secondary N) is 1. The van der Waals surface area contributed by atoms with Crippen LogP contribution in [0.1, 0.15) is 30.9 Å². The summed E-state index contributed by atoms with van der Waals surface area (Å²) < 4.78 is 11.1. The van der Waals surface area contributed by atoms with Crippen LogP contribution in [-0.2, 0) is 11.4 Å². The van der Waals surface area contributed by atoms with Gasteiger partial charge in [0, 0.05) is 18.2 Å². The van der Waals surface area contributed by atoms with Gasteiger partial charge in [0.05, 0.1) is 12.0 Å². The van der Waals surface area contributed by atoms with E-state index in [0.29, 0.717) is 28.7 Å². The first-order chi connectivity index (χ1) is 14.9. The number of unbranched alkanes of at least 4 members (excludes halogenated alkanes) is 1. The fourth-order valence-electron chi connectivity index (χ4n) is 3.14. The molecule has 0 atom stereocenters. The number of amides is 1. The van der Waals surface area contributed by atoms with Crippen molar-refractivity contribution in [1.29, 1.82) is 0 Å². The average molecular weight is 442 g/mol. The molecule has 0 bridgehead atoms. The summed E-state index contributed by atoms with van der Waals surface area (Å²) in [5.74, 6) is 0.585. The minimum absolute atomic E-state index is 0.0629. The number of thiocarbonyl (C=S) groups is 1. The summed E-state index contributed by atoms with van der Waals surface area (Å²) in [6.07, 6.45) is 3.55. The number of para-hydroxylation sites is 2. The molecule has 0 radical (unpaired) electrons. The number of carbonyl (C=O) groups excluding carboxylic acids is 1. The summed E-state index contributed by atoms with van der Waals surface area (Å²) in [6.45, 7) is 2.70. The van der Waals surface area contributed by atoms with Crippen LogP contribution in [0.15, 0.2) is 48.2 Å². The van der Waals surface area contributed by atoms with Gasteiger partial charge in [0.2, 0.25) is 0 Å². The van der Waals surface area contributed by atoms with E-state index in [4.69, 9.17) is 21.7 Å². The second kappa shape index (κ2) is 10.0. The Labute approximate surface area is 185 Å². The summed E-state index contributed by atoms with van der Waals surface area (Å²) in [5, 5.41) is 14.6. The normalized spacial score (nSPS) is 14.6. The predicted molar refractivity (Wildman–Crippen MR) is 121 cm³/mol. The third-order valence-corrected chi connectivity index (χ3v) is 5.08. The van der Waals surface area contributed by atoms with Crippen molar-refractivity contribution >= 4 is 35.0 Å². The van der Waals surface area contributed by atoms with Gasteiger partial charge >= 0.3 is 5.69 Å². The van der Waals surface area contributed by atoms with Crippen molar-refractivity contribution in [2.24, 2.45) is 0 Å². The number of rotatable bonds is 9. The summed E-state index contributed by atoms with van der Waals surface area (Å²) >= 11 is 5.28. The third-order valence-electron chi connectivity index (χ3n) is 4.76. The molecular weight excluding hydrogens is 418 g/mol. The molecule has 0 aromatic heterocycles. The van der Waals surface area contributed by atoms with E-state index in [9.17, 15) is 14.9 Å². The van der Waals surface area contributed by atoms with Gasteiger partial charge in [-0.3, -0.25) is 19.8 Å². The zero-order valence-electron chi connectivity index (χ0n) is 17.3. The molecule has 2 aromatic carbocycles. The molecule has 8 nitrogen and oxygen atoms in total. The molecule has 0 unspecified atom stereocenters. The van der Waals surface area contributed by atoms with E-state index >= 15 is 0 Å². The number of nitrogens with zero attached hydrogens (tertiary/aromatic N) is 2. The van der Waals surface area contributed by atoms with Crippen LogP contribution < -0.4 is 14.8 Å². The van der Waals surface area contributed by atoms with E-state index in [2.05, 4.69) is 12.2 Å². The number of hydrogen-bond donors (Lipinski definition) is 1. The highest BCUT2D eigenvalue weighted by atomic mass is 32.1. The van der Waals surface area contributed by atoms with Crippen LogP contribution in [0.2, 0.25) is 0 Å². The summed E-state index contributed by atoms with van der Waals surface area (Å²) in [5.41, 5.74) is 1.72. The minimum Gasteiger partial charge on any atom is -0.496 e. The highest BCUT2D eigenvalue weighted by molar-refractivity contribution is 7.80. The Hall–Kier alpha value is -3.46. The lowest BCUT2D eigenvalue weighted by Crippen LogP contribution is -2.31. The fourth-order valence-corrected chi connectivity index (χ4v) is 3.43. The van der Waals surface area contributed by atoms with Gasteiger partial charge in [0.15, 0.2) is 10.9 Å². The number of carbonyl (C=O) groups is 1. The van der Waals surface area contributed by atoms with E-state index in [1.165, 1.54) is 13.2 Å². The number of ether oxygens (including phenoxy) is 2. The lowest BCUT2D eigenvalue weighted by atomic mass is 10.1. The molecule has 1 fully saturated rings. The molecule has 1 N–H and O–H groups in total. The van der Waals surface area contributed by atoms with Crippen molar-refractivity contribution in [2.75, 3.05) is 13.7 Å². The van der Waals surface area contributed by atoms with Crippen LogP contribution in [0, 0.1) is 10.1 Å². The van der Waals surface area contributed by atoms with Crippen LogP contribution in [0.3, 0.4) is 0 Å². The average Bonchev–Trinajstić information content (AvgIpc) is 3.03. The molecule has 1 aliphatic heterocycles. The smallest absolute Gasteiger partial charge is 0.310 e. The first-order valence-electron chi connectivity index (χ1n) is 9.82. The molecule has 0 aliphatic carbocycles. The highest BCUT2D eigenvalue weighted by Crippen LogP contribution is 2.29. The highest BCUT2D eigenvalue weighted by Gasteiger charge is 2.29. The molecule has 0 spiro atoms. The lowest BCUT2D eigenvalue weighted by Gasteiger charge is -2.12. The number of nitro benzene ring substituents is 1. The van der Waals surface area contributed by atoms with Crippen LogP contribution in [-0.4, -0.2) is 34.5 Å². The Morgan fingerprint density at radius 3 is 2.71 bits per heavy atom. The van der Waals surface area contributed by atoms with Crippen molar-refractivity contribution in [3.05, 3.63) is 69.4 Å². The van der Waals surface area contributed by atoms with E-state index in [1.807, 2.05) is 12.1 Å². The molecule has 1 heterocycles. The van der Waals surface area contributed by atoms with Crippen molar-refractivity contribution in [1.82, 2.24) is 10.2 Å². The zero-order valence-corrected chi connectivity index (χ0v) is 18.1. The van der Waals surface area contributed by atoms with Gasteiger partial charge < -0.3 is 14.8 Å². The zero-order chi connectivity index (χ0) is 22.4. The summed E-state index contributed by atoms with van der Waals surface area (Å²) in [4.78, 5) is 24.9. The van der Waals surface area contributed by atoms with E-state index in [1.54, 1.807) is 35.2 Å². The summed E-state index contributed by atoms with van der Waals surface area (Å²) in [7, 11) is 1.54. The second-order valence-electron chi connectivity index (χ2n) is 6.88. The topological polar surface area (TPSA) is 93.9 Å². The number of methoxy groups -OCH3 is 1. The minimum atomic E-state index is -0.488. The van der Waals surface area contributed by atoms with Crippen LogP contribution >= 0.6 is 12.2 Å². The molecule has 1 saturated heterocycles. The first kappa shape index (κ1) is 22.2. The maximum Gasteiger partial charge on any atom is 0.310 e. The largest absolute Gasteiger partial charge is 0.496 e. The van der Waals surface area contributed by atoms with Gasteiger partial charge in [-0.25, -0.2) is 0 Å². The molecule has 1 aliphatic rings. The lowest BCUT2D eigenvalue weighted by molar-refractivity contribution is -0.385. The summed E-state index contributed by atoms with van der Waals surface area (Å²) in [6, 6.07) is 11.6. The molecule has 1 amide bonds. The molecule has 3 rings (SSSR count). The molecule has 9 heteroatoms. The second-order valence-corrected chi connectivity index (χ2v) is 7.27. The standard InChI is InChI=1S/C22H23N3O5S/c1-3-4-11-24-21(26)17(23-22(24)31)13-15-9-10-19(29-2)16(12-15)14-30-20-8-6-5-7-18(20)25(27)28/h5-10,12-13H,3-4,11,14H2,1-2H3,(H,23,31)/b17-13+. The Kier molecular flexibility index (Phi) is 7.19. The van der Waals surface area contributed by atoms with Crippen LogP contribution in [0.25, 0.3) is 6.08 Å². The Morgan fingerprint density at radius 2 is 2.00 bits per heavy atom. The monoisotopic (exact) mass is 441 g/mol. The van der Waals surface area contributed by atoms with Gasteiger partial charge in [-0.05, 0) is 48.5 Å². The number of benzene rings is 2. The third kappa shape index (κ3) is 5.18. The maximum atomic E-state index is 12.6. The predicted octanol–water partition coefficient (Wildman–Crippen LogP) is 4.04. The molecule has 162 valence electrons. The molecule has 2 aromatic rings. The van der Waals surface area contributed by atoms with Gasteiger partial charge in [0.25, 0.3) is 5.91 Å². The van der Waals surface area contributed by atoms with E-state index < -0.39 is 4.92 Å². The number of nitro groups is 1. The molecular formula is C22H23N3O5S. The first-order valence-corrected chi connectivity index (χ1v) is 10.2. The van der Waals surface area contributed by atoms with Gasteiger partial charge in [-0.15, -0.1) is 0 Å². The SMILES string of the molecule is CCCCN1C(=O)/C(=C\c2ccc(OC)c(COc3ccccc3[N+](=O)[O-])c2)NC1=S. The number of hydrogen-bond acceptors (Lipinski definition) is 6. The van der Waals surface area contributed by atoms with Crippen molar-refractivity contribution in [2.45, 2.75) is 26.4 Å². The van der Waals surface area contributed by atoms with Gasteiger partial charge in [-0.1, -0.05) is 31.5 Å². The van der Waals surface area contributed by atoms with Crippen molar-refractivity contribution < 1.29 is 19.2 Å².